The van der Waals surface area contributed by atoms with Gasteiger partial charge in [-0.3, -0.25) is 24.5 Å². The van der Waals surface area contributed by atoms with Gasteiger partial charge in [0.1, 0.15) is 24.7 Å². The van der Waals surface area contributed by atoms with Crippen LogP contribution in [0, 0.1) is 5.92 Å². The number of aliphatic imine (C=N–C) groups is 2. The maximum absolute atomic E-state index is 14.1. The van der Waals surface area contributed by atoms with Gasteiger partial charge in [0.05, 0.1) is 55.8 Å². The molecule has 5 heterocycles. The quantitative estimate of drug-likeness (QED) is 0.172. The minimum absolute atomic E-state index is 0.0515. The number of thiol groups is 1. The molecular formula is C47H53N5O7S. The lowest BCUT2D eigenvalue weighted by molar-refractivity contribution is -0.121. The van der Waals surface area contributed by atoms with E-state index in [2.05, 4.69) is 31.3 Å². The van der Waals surface area contributed by atoms with Gasteiger partial charge < -0.3 is 33.9 Å². The van der Waals surface area contributed by atoms with Crippen LogP contribution in [0.2, 0.25) is 0 Å². The first-order chi connectivity index (χ1) is 29.1. The summed E-state index contributed by atoms with van der Waals surface area (Å²) in [5, 5.41) is 3.58. The highest BCUT2D eigenvalue weighted by Gasteiger charge is 2.44. The van der Waals surface area contributed by atoms with E-state index in [0.29, 0.717) is 66.7 Å². The molecule has 0 bridgehead atoms. The van der Waals surface area contributed by atoms with Crippen LogP contribution < -0.4 is 15.1 Å². The fourth-order valence-corrected chi connectivity index (χ4v) is 9.51. The number of ether oxygens (including phenoxy) is 5. The average molecular weight is 832 g/mol. The minimum Gasteiger partial charge on any atom is -0.497 e. The molecule has 5 aliphatic heterocycles. The Labute approximate surface area is 357 Å². The van der Waals surface area contributed by atoms with Gasteiger partial charge in [0, 0.05) is 78.5 Å². The molecule has 314 valence electrons. The van der Waals surface area contributed by atoms with Gasteiger partial charge in [-0.1, -0.05) is 50.2 Å². The molecular weight excluding hydrogens is 779 g/mol. The van der Waals surface area contributed by atoms with Gasteiger partial charge in [-0.2, -0.15) is 12.6 Å². The van der Waals surface area contributed by atoms with Gasteiger partial charge in [-0.05, 0) is 54.7 Å². The first-order valence-electron chi connectivity index (χ1n) is 21.0. The van der Waals surface area contributed by atoms with E-state index in [1.807, 2.05) is 64.6 Å². The number of allylic oxidation sites excluding steroid dienone is 3. The van der Waals surface area contributed by atoms with Crippen molar-refractivity contribution in [3.8, 4) is 0 Å². The summed E-state index contributed by atoms with van der Waals surface area (Å²) in [4.78, 5) is 41.8. The number of para-hydroxylation sites is 2. The van der Waals surface area contributed by atoms with Crippen molar-refractivity contribution in [2.24, 2.45) is 15.9 Å². The molecule has 2 aromatic rings. The first-order valence-corrected chi connectivity index (χ1v) is 21.5. The molecule has 1 fully saturated rings. The molecule has 0 aromatic heterocycles. The van der Waals surface area contributed by atoms with Crippen molar-refractivity contribution < 1.29 is 33.3 Å². The van der Waals surface area contributed by atoms with E-state index >= 15 is 0 Å². The van der Waals surface area contributed by atoms with Crippen LogP contribution in [0.5, 0.6) is 0 Å². The molecule has 60 heavy (non-hydrogen) atoms. The number of nitrogens with one attached hydrogen (secondary N) is 1. The number of anilines is 2. The molecule has 2 aliphatic carbocycles. The van der Waals surface area contributed by atoms with E-state index in [9.17, 15) is 9.59 Å². The zero-order valence-corrected chi connectivity index (χ0v) is 35.6. The highest BCUT2D eigenvalue weighted by atomic mass is 32.1. The Balaban J connectivity index is 0.909. The first kappa shape index (κ1) is 40.2. The molecule has 1 saturated heterocycles. The van der Waals surface area contributed by atoms with E-state index in [-0.39, 0.29) is 54.0 Å². The lowest BCUT2D eigenvalue weighted by Gasteiger charge is -2.28. The van der Waals surface area contributed by atoms with Crippen molar-refractivity contribution in [1.29, 1.82) is 0 Å². The Hall–Kier alpha value is -5.27. The summed E-state index contributed by atoms with van der Waals surface area (Å²) in [6, 6.07) is 15.7. The number of methoxy groups -OCH3 is 2. The van der Waals surface area contributed by atoms with Crippen molar-refractivity contribution in [1.82, 2.24) is 5.32 Å². The number of fused-ring (bicyclic) bond motifs is 8. The summed E-state index contributed by atoms with van der Waals surface area (Å²) >= 11 is 4.69. The fourth-order valence-electron chi connectivity index (χ4n) is 9.36. The fraction of sp³-hybridized carbons (Fsp3) is 0.447. The summed E-state index contributed by atoms with van der Waals surface area (Å²) in [5.74, 6) is 1.93. The Bertz CT molecular complexity index is 2290. The lowest BCUT2D eigenvalue weighted by atomic mass is 9.93. The lowest BCUT2D eigenvalue weighted by Crippen LogP contribution is -2.41. The van der Waals surface area contributed by atoms with E-state index in [0.717, 1.165) is 54.0 Å². The monoisotopic (exact) mass is 831 g/mol. The van der Waals surface area contributed by atoms with Crippen LogP contribution in [0.1, 0.15) is 57.1 Å². The maximum Gasteiger partial charge on any atom is 0.257 e. The summed E-state index contributed by atoms with van der Waals surface area (Å²) in [5.41, 5.74) is 7.20. The van der Waals surface area contributed by atoms with Gasteiger partial charge >= 0.3 is 0 Å². The molecule has 1 N–H and O–H groups in total. The van der Waals surface area contributed by atoms with E-state index < -0.39 is 5.92 Å². The summed E-state index contributed by atoms with van der Waals surface area (Å²) in [7, 11) is 3.21. The predicted molar refractivity (Wildman–Crippen MR) is 234 cm³/mol. The van der Waals surface area contributed by atoms with E-state index in [1.54, 1.807) is 20.3 Å². The van der Waals surface area contributed by atoms with Gasteiger partial charge in [-0.15, -0.1) is 0 Å². The second kappa shape index (κ2) is 16.6. The summed E-state index contributed by atoms with van der Waals surface area (Å²) in [6.07, 6.45) is 12.1. The van der Waals surface area contributed by atoms with Crippen molar-refractivity contribution in [2.45, 2.75) is 87.8 Å². The standard InChI is InChI=1S/C47H53N5O7S/c1-47(2,60)14-9-15-57-34-18-30(26-58-43-22-37-35(20-41(43)55-3)45(53)51-32(24-48-37)16-28-10-5-7-12-39(28)51)50-31(19-34)27-59-44-23-38-36(21-42(44)56-4)46(54)52-33(25-49-38)17-29-11-6-8-13-40(29)52/h5-8,10-13,18,21-22,25,32-35,38,48,60H,9,14-17,19-20,23-24,26-27H2,1-4H3/t32-,33-,34?,35?,38?/m0/s1. The second-order valence-electron chi connectivity index (χ2n) is 17.1. The summed E-state index contributed by atoms with van der Waals surface area (Å²) in [6.45, 7) is 5.79. The van der Waals surface area contributed by atoms with Crippen LogP contribution in [0.4, 0.5) is 11.4 Å². The zero-order valence-electron chi connectivity index (χ0n) is 34.7. The molecule has 7 aliphatic rings. The molecule has 3 unspecified atom stereocenters. The average Bonchev–Trinajstić information content (AvgIpc) is 3.74. The molecule has 0 spiro atoms. The SMILES string of the molecule is COC1=C(OCC2=NC(COC3=C(OC)CC4C(=O)N5c6ccccc6C[C@H]5CNC4=C3)=CC(OCCCC(C)(C)S)C2)CC2N=C[C@@H]3Cc4ccccc4N3C(=O)C2=C1. The number of amides is 2. The maximum atomic E-state index is 14.1. The number of hydrogen-bond donors (Lipinski definition) is 2. The third kappa shape index (κ3) is 8.01. The van der Waals surface area contributed by atoms with Gasteiger partial charge in [0.2, 0.25) is 5.91 Å². The predicted octanol–water partition coefficient (Wildman–Crippen LogP) is 6.54. The van der Waals surface area contributed by atoms with E-state index in [1.165, 1.54) is 5.56 Å². The number of rotatable bonds is 13. The van der Waals surface area contributed by atoms with Crippen molar-refractivity contribution >= 4 is 47.7 Å². The molecule has 0 saturated carbocycles. The van der Waals surface area contributed by atoms with Gasteiger partial charge in [0.15, 0.2) is 11.5 Å². The van der Waals surface area contributed by atoms with Crippen LogP contribution in [0.15, 0.2) is 117 Å². The zero-order chi connectivity index (χ0) is 41.5. The van der Waals surface area contributed by atoms with Crippen LogP contribution in [0.25, 0.3) is 0 Å². The molecule has 2 aromatic carbocycles. The second-order valence-corrected chi connectivity index (χ2v) is 18.3. The number of nitrogens with zero attached hydrogens (tertiary/aromatic N) is 4. The largest absolute Gasteiger partial charge is 0.497 e. The molecule has 0 radical (unpaired) electrons. The summed E-state index contributed by atoms with van der Waals surface area (Å²) < 4.78 is 31.0. The Morgan fingerprint density at radius 2 is 1.62 bits per heavy atom. The third-order valence-corrected chi connectivity index (χ3v) is 12.6. The molecule has 2 amide bonds. The molecule has 9 rings (SSSR count). The molecule has 13 heteroatoms. The van der Waals surface area contributed by atoms with Crippen molar-refractivity contribution in [2.75, 3.05) is 50.4 Å². The number of hydrogen-bond acceptors (Lipinski definition) is 11. The smallest absolute Gasteiger partial charge is 0.257 e. The van der Waals surface area contributed by atoms with Crippen LogP contribution in [-0.2, 0) is 46.1 Å². The highest BCUT2D eigenvalue weighted by molar-refractivity contribution is 7.81. The topological polar surface area (TPSA) is 124 Å². The van der Waals surface area contributed by atoms with Gasteiger partial charge in [-0.25, -0.2) is 0 Å². The van der Waals surface area contributed by atoms with Crippen LogP contribution >= 0.6 is 12.6 Å². The number of carbonyl (C=O) groups is 2. The van der Waals surface area contributed by atoms with Crippen molar-refractivity contribution in [3.63, 3.8) is 0 Å². The number of benzene rings is 2. The Morgan fingerprint density at radius 3 is 2.38 bits per heavy atom. The van der Waals surface area contributed by atoms with Crippen molar-refractivity contribution in [3.05, 3.63) is 118 Å². The normalized spacial score (nSPS) is 25.6. The Morgan fingerprint density at radius 1 is 0.850 bits per heavy atom. The third-order valence-electron chi connectivity index (χ3n) is 12.3. The number of carbonyl (C=O) groups excluding carboxylic acids is 2. The highest BCUT2D eigenvalue weighted by Crippen LogP contribution is 2.41. The van der Waals surface area contributed by atoms with Crippen LogP contribution in [0.3, 0.4) is 0 Å². The van der Waals surface area contributed by atoms with Gasteiger partial charge in [0.25, 0.3) is 5.91 Å². The molecule has 5 atom stereocenters. The van der Waals surface area contributed by atoms with Crippen LogP contribution in [-0.4, -0.2) is 93.3 Å². The molecule has 12 nitrogen and oxygen atoms in total. The minimum atomic E-state index is -0.396. The van der Waals surface area contributed by atoms with E-state index in [4.69, 9.17) is 46.3 Å². The Kier molecular flexibility index (Phi) is 11.1.